The Morgan fingerprint density at radius 3 is 2.00 bits per heavy atom. The third-order valence-corrected chi connectivity index (χ3v) is 3.97. The van der Waals surface area contributed by atoms with Gasteiger partial charge in [-0.05, 0) is 47.3 Å². The third-order valence-electron chi connectivity index (χ3n) is 3.97. The van der Waals surface area contributed by atoms with Crippen molar-refractivity contribution >= 4 is 28.8 Å². The van der Waals surface area contributed by atoms with Crippen LogP contribution in [0.5, 0.6) is 5.75 Å². The number of nitrogens with zero attached hydrogens (tertiary/aromatic N) is 2. The van der Waals surface area contributed by atoms with Crippen LogP contribution in [-0.4, -0.2) is 28.1 Å². The van der Waals surface area contributed by atoms with Gasteiger partial charge in [-0.3, -0.25) is 9.59 Å². The Balaban J connectivity index is 1.78. The second-order valence-corrected chi connectivity index (χ2v) is 5.47. The highest BCUT2D eigenvalue weighted by Gasteiger charge is 2.32. The van der Waals surface area contributed by atoms with Crippen LogP contribution in [0.4, 0.5) is 0 Å². The molecular weight excluding hydrogens is 304 g/mol. The molecule has 0 unspecified atom stereocenters. The summed E-state index contributed by atoms with van der Waals surface area (Å²) in [6.07, 6.45) is 1.42. The van der Waals surface area contributed by atoms with Crippen molar-refractivity contribution in [3.05, 3.63) is 77.4 Å². The zero-order chi connectivity index (χ0) is 16.7. The van der Waals surface area contributed by atoms with Crippen LogP contribution in [0.15, 0.2) is 65.8 Å². The molecule has 1 heterocycles. The Morgan fingerprint density at radius 2 is 1.42 bits per heavy atom. The highest BCUT2D eigenvalue weighted by atomic mass is 16.3. The first kappa shape index (κ1) is 14.1. The van der Waals surface area contributed by atoms with Crippen molar-refractivity contribution in [1.82, 2.24) is 5.01 Å². The molecule has 1 aliphatic rings. The number of amides is 2. The molecule has 4 rings (SSSR count). The molecule has 0 saturated carbocycles. The maximum absolute atomic E-state index is 12.6. The summed E-state index contributed by atoms with van der Waals surface area (Å²) in [6.45, 7) is 0. The van der Waals surface area contributed by atoms with Gasteiger partial charge >= 0.3 is 0 Å². The highest BCUT2D eigenvalue weighted by molar-refractivity contribution is 6.25. The summed E-state index contributed by atoms with van der Waals surface area (Å²) in [6, 6.07) is 17.0. The largest absolute Gasteiger partial charge is 0.508 e. The van der Waals surface area contributed by atoms with Crippen LogP contribution in [0, 0.1) is 0 Å². The first-order valence-corrected chi connectivity index (χ1v) is 7.39. The van der Waals surface area contributed by atoms with Gasteiger partial charge < -0.3 is 5.11 Å². The van der Waals surface area contributed by atoms with Gasteiger partial charge in [-0.15, -0.1) is 0 Å². The topological polar surface area (TPSA) is 70.0 Å². The average Bonchev–Trinajstić information content (AvgIpc) is 2.61. The van der Waals surface area contributed by atoms with Crippen molar-refractivity contribution < 1.29 is 14.7 Å². The number of aromatic hydroxyl groups is 1. The SMILES string of the molecule is O=C1c2cccc3cccc(c23)C(=O)N1/N=C/c1ccc(O)cc1. The third kappa shape index (κ3) is 2.14. The second-order valence-electron chi connectivity index (χ2n) is 5.47. The Hall–Kier alpha value is -3.47. The summed E-state index contributed by atoms with van der Waals surface area (Å²) in [7, 11) is 0. The van der Waals surface area contributed by atoms with E-state index < -0.39 is 11.8 Å². The summed E-state index contributed by atoms with van der Waals surface area (Å²) in [5.41, 5.74) is 1.60. The molecule has 0 atom stereocenters. The van der Waals surface area contributed by atoms with Crippen LogP contribution in [0.25, 0.3) is 10.8 Å². The normalized spacial score (nSPS) is 13.9. The predicted octanol–water partition coefficient (Wildman–Crippen LogP) is 3.18. The van der Waals surface area contributed by atoms with Gasteiger partial charge in [0.2, 0.25) is 0 Å². The first-order valence-electron chi connectivity index (χ1n) is 7.39. The van der Waals surface area contributed by atoms with E-state index in [9.17, 15) is 14.7 Å². The number of hydrogen-bond donors (Lipinski definition) is 1. The van der Waals surface area contributed by atoms with E-state index in [1.807, 2.05) is 12.1 Å². The fourth-order valence-corrected chi connectivity index (χ4v) is 2.81. The van der Waals surface area contributed by atoms with E-state index in [4.69, 9.17) is 0 Å². The molecule has 0 bridgehead atoms. The number of hydrazone groups is 1. The van der Waals surface area contributed by atoms with Gasteiger partial charge in [0.05, 0.1) is 17.3 Å². The molecule has 0 aliphatic carbocycles. The van der Waals surface area contributed by atoms with Crippen molar-refractivity contribution in [3.8, 4) is 5.75 Å². The van der Waals surface area contributed by atoms with E-state index in [1.165, 1.54) is 18.3 Å². The Morgan fingerprint density at radius 1 is 0.833 bits per heavy atom. The molecule has 0 radical (unpaired) electrons. The van der Waals surface area contributed by atoms with Gasteiger partial charge in [-0.25, -0.2) is 0 Å². The number of imide groups is 1. The smallest absolute Gasteiger partial charge is 0.282 e. The van der Waals surface area contributed by atoms with E-state index >= 15 is 0 Å². The number of hydrogen-bond acceptors (Lipinski definition) is 4. The highest BCUT2D eigenvalue weighted by Crippen LogP contribution is 2.30. The lowest BCUT2D eigenvalue weighted by Gasteiger charge is -2.22. The Kier molecular flexibility index (Phi) is 3.13. The van der Waals surface area contributed by atoms with E-state index in [2.05, 4.69) is 5.10 Å². The van der Waals surface area contributed by atoms with Crippen LogP contribution >= 0.6 is 0 Å². The molecular formula is C19H12N2O3. The monoisotopic (exact) mass is 316 g/mol. The molecule has 0 spiro atoms. The standard InChI is InChI=1S/C19H12N2O3/c22-14-9-7-12(8-10-14)11-20-21-18(23)15-5-1-3-13-4-2-6-16(17(13)15)19(21)24/h1-11,22H/b20-11+. The maximum Gasteiger partial charge on any atom is 0.282 e. The minimum absolute atomic E-state index is 0.137. The number of carbonyl (C=O) groups is 2. The maximum atomic E-state index is 12.6. The number of benzene rings is 3. The van der Waals surface area contributed by atoms with Crippen LogP contribution < -0.4 is 0 Å². The quantitative estimate of drug-likeness (QED) is 0.583. The van der Waals surface area contributed by atoms with Crippen molar-refractivity contribution in [2.24, 2.45) is 5.10 Å². The first-order chi connectivity index (χ1) is 11.6. The van der Waals surface area contributed by atoms with Crippen molar-refractivity contribution in [2.75, 3.05) is 0 Å². The zero-order valence-electron chi connectivity index (χ0n) is 12.5. The number of phenols is 1. The van der Waals surface area contributed by atoms with Crippen LogP contribution in [-0.2, 0) is 0 Å². The lowest BCUT2D eigenvalue weighted by atomic mass is 9.95. The van der Waals surface area contributed by atoms with Crippen LogP contribution in [0.3, 0.4) is 0 Å². The van der Waals surface area contributed by atoms with Gasteiger partial charge in [0.15, 0.2) is 0 Å². The number of phenolic OH excluding ortho intramolecular Hbond substituents is 1. The minimum Gasteiger partial charge on any atom is -0.508 e. The molecule has 24 heavy (non-hydrogen) atoms. The van der Waals surface area contributed by atoms with Gasteiger partial charge in [0.1, 0.15) is 5.75 Å². The van der Waals surface area contributed by atoms with Crippen molar-refractivity contribution in [1.29, 1.82) is 0 Å². The average molecular weight is 316 g/mol. The molecule has 116 valence electrons. The van der Waals surface area contributed by atoms with Gasteiger partial charge in [0.25, 0.3) is 11.8 Å². The van der Waals surface area contributed by atoms with E-state index in [0.717, 1.165) is 10.4 Å². The fraction of sp³-hybridized carbons (Fsp3) is 0. The molecule has 3 aromatic rings. The van der Waals surface area contributed by atoms with Gasteiger partial charge in [-0.1, -0.05) is 24.3 Å². The summed E-state index contributed by atoms with van der Waals surface area (Å²) in [5, 5.41) is 15.8. The summed E-state index contributed by atoms with van der Waals surface area (Å²) in [4.78, 5) is 25.3. The lowest BCUT2D eigenvalue weighted by Crippen LogP contribution is -2.36. The number of rotatable bonds is 2. The Bertz CT molecular complexity index is 956. The second kappa shape index (κ2) is 5.31. The molecule has 3 aromatic carbocycles. The summed E-state index contributed by atoms with van der Waals surface area (Å²) in [5.74, 6) is -0.753. The zero-order valence-corrected chi connectivity index (χ0v) is 12.5. The molecule has 0 fully saturated rings. The molecule has 1 aliphatic heterocycles. The van der Waals surface area contributed by atoms with Crippen molar-refractivity contribution in [2.45, 2.75) is 0 Å². The molecule has 0 aromatic heterocycles. The van der Waals surface area contributed by atoms with Gasteiger partial charge in [0, 0.05) is 5.39 Å². The Labute approximate surface area is 137 Å². The summed E-state index contributed by atoms with van der Waals surface area (Å²) >= 11 is 0. The van der Waals surface area contributed by atoms with Crippen LogP contribution in [0.2, 0.25) is 0 Å². The minimum atomic E-state index is -0.445. The predicted molar refractivity (Wildman–Crippen MR) is 90.1 cm³/mol. The molecule has 5 nitrogen and oxygen atoms in total. The molecule has 0 saturated heterocycles. The van der Waals surface area contributed by atoms with Crippen LogP contribution in [0.1, 0.15) is 26.3 Å². The van der Waals surface area contributed by atoms with E-state index in [1.54, 1.807) is 36.4 Å². The fourth-order valence-electron chi connectivity index (χ4n) is 2.81. The van der Waals surface area contributed by atoms with E-state index in [0.29, 0.717) is 22.1 Å². The number of carbonyl (C=O) groups excluding carboxylic acids is 2. The van der Waals surface area contributed by atoms with E-state index in [-0.39, 0.29) is 5.75 Å². The molecule has 5 heteroatoms. The lowest BCUT2D eigenvalue weighted by molar-refractivity contribution is 0.0616. The van der Waals surface area contributed by atoms with Crippen molar-refractivity contribution in [3.63, 3.8) is 0 Å². The molecule has 1 N–H and O–H groups in total. The summed E-state index contributed by atoms with van der Waals surface area (Å²) < 4.78 is 0. The molecule has 2 amide bonds. The van der Waals surface area contributed by atoms with Gasteiger partial charge in [-0.2, -0.15) is 10.1 Å².